The number of rotatable bonds is 3. The van der Waals surface area contributed by atoms with Crippen LogP contribution in [0.2, 0.25) is 0 Å². The SMILES string of the molecule is COC[C@H]1OC(O)C[C@H]1OC. The molecular weight excluding hydrogens is 148 g/mol. The van der Waals surface area contributed by atoms with Crippen LogP contribution in [0.25, 0.3) is 0 Å². The summed E-state index contributed by atoms with van der Waals surface area (Å²) in [5.41, 5.74) is 0. The molecule has 1 aliphatic rings. The Labute approximate surface area is 66.1 Å². The lowest BCUT2D eigenvalue weighted by atomic mass is 10.2. The lowest BCUT2D eigenvalue weighted by molar-refractivity contribution is -0.113. The molecule has 1 heterocycles. The van der Waals surface area contributed by atoms with Gasteiger partial charge in [0.15, 0.2) is 6.29 Å². The van der Waals surface area contributed by atoms with E-state index in [4.69, 9.17) is 19.3 Å². The molecule has 1 rings (SSSR count). The third-order valence-electron chi connectivity index (χ3n) is 1.81. The van der Waals surface area contributed by atoms with Crippen molar-refractivity contribution in [3.63, 3.8) is 0 Å². The quantitative estimate of drug-likeness (QED) is 0.622. The van der Waals surface area contributed by atoms with Gasteiger partial charge in [-0.3, -0.25) is 0 Å². The number of hydrogen-bond donors (Lipinski definition) is 1. The van der Waals surface area contributed by atoms with Crippen molar-refractivity contribution in [3.05, 3.63) is 0 Å². The minimum absolute atomic E-state index is 0.0371. The van der Waals surface area contributed by atoms with Crippen LogP contribution >= 0.6 is 0 Å². The van der Waals surface area contributed by atoms with Crippen LogP contribution in [0.5, 0.6) is 0 Å². The van der Waals surface area contributed by atoms with Gasteiger partial charge < -0.3 is 19.3 Å². The second-order valence-corrected chi connectivity index (χ2v) is 2.59. The highest BCUT2D eigenvalue weighted by Gasteiger charge is 2.33. The molecule has 0 bridgehead atoms. The molecular formula is C7H14O4. The highest BCUT2D eigenvalue weighted by molar-refractivity contribution is 4.78. The zero-order valence-electron chi connectivity index (χ0n) is 6.82. The van der Waals surface area contributed by atoms with Gasteiger partial charge in [-0.25, -0.2) is 0 Å². The number of ether oxygens (including phenoxy) is 3. The van der Waals surface area contributed by atoms with E-state index >= 15 is 0 Å². The van der Waals surface area contributed by atoms with Crippen molar-refractivity contribution in [3.8, 4) is 0 Å². The Morgan fingerprint density at radius 2 is 2.27 bits per heavy atom. The smallest absolute Gasteiger partial charge is 0.157 e. The number of aliphatic hydroxyl groups is 1. The fraction of sp³-hybridized carbons (Fsp3) is 1.00. The summed E-state index contributed by atoms with van der Waals surface area (Å²) in [7, 11) is 3.20. The minimum atomic E-state index is -0.694. The van der Waals surface area contributed by atoms with Gasteiger partial charge in [-0.15, -0.1) is 0 Å². The van der Waals surface area contributed by atoms with E-state index in [-0.39, 0.29) is 12.2 Å². The van der Waals surface area contributed by atoms with Crippen LogP contribution in [0.1, 0.15) is 6.42 Å². The van der Waals surface area contributed by atoms with E-state index < -0.39 is 6.29 Å². The first-order valence-corrected chi connectivity index (χ1v) is 3.63. The molecule has 1 unspecified atom stereocenters. The topological polar surface area (TPSA) is 47.9 Å². The van der Waals surface area contributed by atoms with Gasteiger partial charge in [-0.05, 0) is 0 Å². The standard InChI is InChI=1S/C7H14O4/c1-9-4-6-5(10-2)3-7(8)11-6/h5-8H,3-4H2,1-2H3/t5-,6-,7?/m1/s1. The van der Waals surface area contributed by atoms with E-state index in [1.807, 2.05) is 0 Å². The van der Waals surface area contributed by atoms with Gasteiger partial charge in [0, 0.05) is 20.6 Å². The number of methoxy groups -OCH3 is 2. The lowest BCUT2D eigenvalue weighted by Gasteiger charge is -2.14. The molecule has 1 N–H and O–H groups in total. The summed E-state index contributed by atoms with van der Waals surface area (Å²) < 4.78 is 15.1. The van der Waals surface area contributed by atoms with Crippen molar-refractivity contribution in [2.75, 3.05) is 20.8 Å². The normalized spacial score (nSPS) is 37.9. The van der Waals surface area contributed by atoms with Crippen LogP contribution < -0.4 is 0 Å². The van der Waals surface area contributed by atoms with Crippen LogP contribution in [0, 0.1) is 0 Å². The van der Waals surface area contributed by atoms with E-state index in [0.717, 1.165) is 0 Å². The highest BCUT2D eigenvalue weighted by atomic mass is 16.6. The summed E-state index contributed by atoms with van der Waals surface area (Å²) >= 11 is 0. The average molecular weight is 162 g/mol. The molecule has 4 heteroatoms. The van der Waals surface area contributed by atoms with Crippen molar-refractivity contribution in [2.24, 2.45) is 0 Å². The Balaban J connectivity index is 2.37. The molecule has 0 aromatic heterocycles. The van der Waals surface area contributed by atoms with Crippen molar-refractivity contribution in [1.82, 2.24) is 0 Å². The third-order valence-corrected chi connectivity index (χ3v) is 1.81. The Morgan fingerprint density at radius 3 is 2.82 bits per heavy atom. The van der Waals surface area contributed by atoms with Crippen LogP contribution in [0.3, 0.4) is 0 Å². The Morgan fingerprint density at radius 1 is 1.55 bits per heavy atom. The first kappa shape index (κ1) is 8.93. The monoisotopic (exact) mass is 162 g/mol. The molecule has 66 valence electrons. The Bertz CT molecular complexity index is 117. The molecule has 3 atom stereocenters. The van der Waals surface area contributed by atoms with Crippen molar-refractivity contribution in [1.29, 1.82) is 0 Å². The predicted octanol–water partition coefficient (Wildman–Crippen LogP) is -0.245. The molecule has 1 aliphatic heterocycles. The molecule has 0 spiro atoms. The van der Waals surface area contributed by atoms with E-state index in [0.29, 0.717) is 13.0 Å². The van der Waals surface area contributed by atoms with E-state index in [1.165, 1.54) is 0 Å². The van der Waals surface area contributed by atoms with Crippen LogP contribution in [-0.2, 0) is 14.2 Å². The second kappa shape index (κ2) is 4.01. The van der Waals surface area contributed by atoms with Crippen molar-refractivity contribution in [2.45, 2.75) is 24.9 Å². The average Bonchev–Trinajstić information content (AvgIpc) is 2.32. The van der Waals surface area contributed by atoms with Crippen LogP contribution in [0.15, 0.2) is 0 Å². The molecule has 11 heavy (non-hydrogen) atoms. The molecule has 4 nitrogen and oxygen atoms in total. The molecule has 0 amide bonds. The maximum absolute atomic E-state index is 9.07. The van der Waals surface area contributed by atoms with E-state index in [9.17, 15) is 0 Å². The second-order valence-electron chi connectivity index (χ2n) is 2.59. The summed E-state index contributed by atoms with van der Waals surface area (Å²) in [4.78, 5) is 0. The molecule has 1 fully saturated rings. The van der Waals surface area contributed by atoms with Gasteiger partial charge in [0.1, 0.15) is 6.10 Å². The Hall–Kier alpha value is -0.160. The fourth-order valence-electron chi connectivity index (χ4n) is 1.25. The minimum Gasteiger partial charge on any atom is -0.382 e. The van der Waals surface area contributed by atoms with Gasteiger partial charge in [-0.1, -0.05) is 0 Å². The maximum atomic E-state index is 9.07. The van der Waals surface area contributed by atoms with Gasteiger partial charge in [-0.2, -0.15) is 0 Å². The predicted molar refractivity (Wildman–Crippen MR) is 38.2 cm³/mol. The first-order valence-electron chi connectivity index (χ1n) is 3.63. The molecule has 1 saturated heterocycles. The van der Waals surface area contributed by atoms with Crippen molar-refractivity contribution >= 4 is 0 Å². The molecule has 0 aliphatic carbocycles. The first-order chi connectivity index (χ1) is 5.27. The van der Waals surface area contributed by atoms with Crippen LogP contribution in [0.4, 0.5) is 0 Å². The lowest BCUT2D eigenvalue weighted by Crippen LogP contribution is -2.27. The number of hydrogen-bond acceptors (Lipinski definition) is 4. The van der Waals surface area contributed by atoms with Crippen LogP contribution in [-0.4, -0.2) is 44.4 Å². The molecule has 0 radical (unpaired) electrons. The van der Waals surface area contributed by atoms with E-state index in [2.05, 4.69) is 0 Å². The van der Waals surface area contributed by atoms with Gasteiger partial charge in [0.2, 0.25) is 0 Å². The summed E-state index contributed by atoms with van der Waals surface area (Å²) in [6.45, 7) is 0.468. The summed E-state index contributed by atoms with van der Waals surface area (Å²) in [5.74, 6) is 0. The van der Waals surface area contributed by atoms with Gasteiger partial charge >= 0.3 is 0 Å². The van der Waals surface area contributed by atoms with Gasteiger partial charge in [0.05, 0.1) is 12.7 Å². The van der Waals surface area contributed by atoms with Gasteiger partial charge in [0.25, 0.3) is 0 Å². The fourth-order valence-corrected chi connectivity index (χ4v) is 1.25. The van der Waals surface area contributed by atoms with Crippen molar-refractivity contribution < 1.29 is 19.3 Å². The largest absolute Gasteiger partial charge is 0.382 e. The third kappa shape index (κ3) is 2.13. The van der Waals surface area contributed by atoms with E-state index in [1.54, 1.807) is 14.2 Å². The highest BCUT2D eigenvalue weighted by Crippen LogP contribution is 2.20. The summed E-state index contributed by atoms with van der Waals surface area (Å²) in [5, 5.41) is 9.07. The molecule has 0 aromatic carbocycles. The molecule has 0 aromatic rings. The number of aliphatic hydroxyl groups excluding tert-OH is 1. The Kier molecular flexibility index (Phi) is 3.26. The zero-order chi connectivity index (χ0) is 8.27. The maximum Gasteiger partial charge on any atom is 0.157 e. The zero-order valence-corrected chi connectivity index (χ0v) is 6.82. The summed E-state index contributed by atoms with van der Waals surface area (Å²) in [6.07, 6.45) is -0.324. The molecule has 0 saturated carbocycles. The summed E-state index contributed by atoms with van der Waals surface area (Å²) in [6, 6.07) is 0.